The number of anilines is 1. The van der Waals surface area contributed by atoms with Crippen LogP contribution in [0.15, 0.2) is 17.0 Å². The lowest BCUT2D eigenvalue weighted by Gasteiger charge is -2.09. The van der Waals surface area contributed by atoms with E-state index in [9.17, 15) is 17.6 Å². The Bertz CT molecular complexity index is 622. The lowest BCUT2D eigenvalue weighted by molar-refractivity contribution is -0.120. The molecule has 0 atom stereocenters. The van der Waals surface area contributed by atoms with E-state index in [2.05, 4.69) is 10.0 Å². The van der Waals surface area contributed by atoms with Gasteiger partial charge in [0.2, 0.25) is 15.9 Å². The first-order chi connectivity index (χ1) is 9.77. The number of amides is 1. The zero-order valence-corrected chi connectivity index (χ0v) is 13.0. The first-order valence-electron chi connectivity index (χ1n) is 6.28. The van der Waals surface area contributed by atoms with Crippen molar-refractivity contribution < 1.29 is 17.6 Å². The zero-order chi connectivity index (χ0) is 16.0. The molecule has 0 fully saturated rings. The van der Waals surface area contributed by atoms with Gasteiger partial charge in [-0.3, -0.25) is 4.79 Å². The summed E-state index contributed by atoms with van der Waals surface area (Å²) in [7, 11) is -4.12. The molecule has 0 bridgehead atoms. The van der Waals surface area contributed by atoms with E-state index >= 15 is 0 Å². The number of halogens is 2. The maximum Gasteiger partial charge on any atom is 0.243 e. The van der Waals surface area contributed by atoms with E-state index in [1.54, 1.807) is 0 Å². The van der Waals surface area contributed by atoms with Gasteiger partial charge in [-0.15, -0.1) is 0 Å². The normalized spacial score (nSPS) is 11.4. The van der Waals surface area contributed by atoms with Gasteiger partial charge in [-0.25, -0.2) is 17.5 Å². The summed E-state index contributed by atoms with van der Waals surface area (Å²) in [6.45, 7) is 2.27. The minimum atomic E-state index is -4.12. The van der Waals surface area contributed by atoms with Gasteiger partial charge in [0.15, 0.2) is 5.82 Å². The number of hydrogen-bond donors (Lipinski definition) is 3. The Hall–Kier alpha value is -1.38. The second-order valence-electron chi connectivity index (χ2n) is 4.30. The van der Waals surface area contributed by atoms with E-state index in [-0.39, 0.29) is 29.6 Å². The molecule has 0 aliphatic carbocycles. The molecule has 1 aromatic carbocycles. The number of rotatable bonds is 7. The van der Waals surface area contributed by atoms with Crippen LogP contribution in [0.2, 0.25) is 5.02 Å². The summed E-state index contributed by atoms with van der Waals surface area (Å²) in [5, 5.41) is 2.61. The number of nitrogen functional groups attached to an aromatic ring is 1. The highest BCUT2D eigenvalue weighted by Crippen LogP contribution is 2.24. The number of nitrogens with one attached hydrogen (secondary N) is 2. The van der Waals surface area contributed by atoms with Crippen molar-refractivity contribution in [3.8, 4) is 0 Å². The molecule has 118 valence electrons. The van der Waals surface area contributed by atoms with Gasteiger partial charge < -0.3 is 11.1 Å². The van der Waals surface area contributed by atoms with E-state index in [1.807, 2.05) is 6.92 Å². The van der Waals surface area contributed by atoms with E-state index < -0.39 is 20.7 Å². The monoisotopic (exact) mass is 337 g/mol. The molecule has 21 heavy (non-hydrogen) atoms. The number of benzene rings is 1. The van der Waals surface area contributed by atoms with Gasteiger partial charge in [-0.2, -0.15) is 0 Å². The molecule has 9 heteroatoms. The summed E-state index contributed by atoms with van der Waals surface area (Å²) in [4.78, 5) is 10.7. The summed E-state index contributed by atoms with van der Waals surface area (Å²) in [5.41, 5.74) is 4.98. The molecule has 0 unspecified atom stereocenters. The van der Waals surface area contributed by atoms with E-state index in [4.69, 9.17) is 17.3 Å². The molecule has 0 radical (unpaired) electrons. The third-order valence-electron chi connectivity index (χ3n) is 2.54. The van der Waals surface area contributed by atoms with Crippen molar-refractivity contribution >= 4 is 33.2 Å². The van der Waals surface area contributed by atoms with Crippen LogP contribution in [-0.4, -0.2) is 27.4 Å². The van der Waals surface area contributed by atoms with Crippen LogP contribution >= 0.6 is 11.6 Å². The third kappa shape index (κ3) is 5.14. The van der Waals surface area contributed by atoms with Crippen LogP contribution in [0.25, 0.3) is 0 Å². The van der Waals surface area contributed by atoms with Crippen molar-refractivity contribution in [3.63, 3.8) is 0 Å². The Labute approximate surface area is 127 Å². The van der Waals surface area contributed by atoms with Gasteiger partial charge >= 0.3 is 0 Å². The molecular formula is C12H17ClFN3O3S. The molecule has 1 rings (SSSR count). The molecule has 1 aromatic rings. The second-order valence-corrected chi connectivity index (χ2v) is 6.48. The van der Waals surface area contributed by atoms with Gasteiger partial charge in [-0.1, -0.05) is 18.5 Å². The Morgan fingerprint density at radius 1 is 1.38 bits per heavy atom. The number of hydrogen-bond acceptors (Lipinski definition) is 4. The Morgan fingerprint density at radius 3 is 2.67 bits per heavy atom. The first kappa shape index (κ1) is 17.7. The van der Waals surface area contributed by atoms with Crippen molar-refractivity contribution in [2.45, 2.75) is 24.7 Å². The number of nitrogens with two attached hydrogens (primary N) is 1. The second kappa shape index (κ2) is 7.58. The molecule has 0 aliphatic heterocycles. The van der Waals surface area contributed by atoms with Crippen LogP contribution in [0.1, 0.15) is 19.8 Å². The quantitative estimate of drug-likeness (QED) is 0.652. The SMILES string of the molecule is CCCNC(=O)CCNS(=O)(=O)c1cc(Cl)cc(N)c1F. The smallest absolute Gasteiger partial charge is 0.243 e. The molecule has 0 aliphatic rings. The van der Waals surface area contributed by atoms with Crippen molar-refractivity contribution in [2.75, 3.05) is 18.8 Å². The van der Waals surface area contributed by atoms with E-state index in [1.165, 1.54) is 0 Å². The van der Waals surface area contributed by atoms with Gasteiger partial charge in [0, 0.05) is 24.5 Å². The molecule has 0 heterocycles. The number of carbonyl (C=O) groups is 1. The average Bonchev–Trinajstić information content (AvgIpc) is 2.40. The molecule has 6 nitrogen and oxygen atoms in total. The summed E-state index contributed by atoms with van der Waals surface area (Å²) >= 11 is 5.67. The predicted molar refractivity (Wildman–Crippen MR) is 78.9 cm³/mol. The predicted octanol–water partition coefficient (Wildman–Crippen LogP) is 1.26. The molecule has 4 N–H and O–H groups in total. The van der Waals surface area contributed by atoms with Crippen molar-refractivity contribution in [3.05, 3.63) is 23.0 Å². The molecule has 1 amide bonds. The van der Waals surface area contributed by atoms with Crippen LogP contribution in [0.5, 0.6) is 0 Å². The van der Waals surface area contributed by atoms with Crippen molar-refractivity contribution in [2.24, 2.45) is 0 Å². The summed E-state index contributed by atoms with van der Waals surface area (Å²) < 4.78 is 39.8. The van der Waals surface area contributed by atoms with E-state index in [0.29, 0.717) is 6.54 Å². The average molecular weight is 338 g/mol. The fourth-order valence-corrected chi connectivity index (χ4v) is 2.96. The Balaban J connectivity index is 2.73. The first-order valence-corrected chi connectivity index (χ1v) is 8.15. The minimum Gasteiger partial charge on any atom is -0.396 e. The molecular weight excluding hydrogens is 321 g/mol. The maximum atomic E-state index is 13.7. The van der Waals surface area contributed by atoms with Crippen LogP contribution in [-0.2, 0) is 14.8 Å². The van der Waals surface area contributed by atoms with Crippen LogP contribution in [0.3, 0.4) is 0 Å². The van der Waals surface area contributed by atoms with Crippen LogP contribution in [0.4, 0.5) is 10.1 Å². The molecule has 0 aromatic heterocycles. The number of carbonyl (C=O) groups excluding carboxylic acids is 1. The Morgan fingerprint density at radius 2 is 2.05 bits per heavy atom. The topological polar surface area (TPSA) is 101 Å². The summed E-state index contributed by atoms with van der Waals surface area (Å²) in [6, 6.07) is 2.08. The molecule has 0 saturated carbocycles. The third-order valence-corrected chi connectivity index (χ3v) is 4.22. The maximum absolute atomic E-state index is 13.7. The fourth-order valence-electron chi connectivity index (χ4n) is 1.51. The van der Waals surface area contributed by atoms with Crippen molar-refractivity contribution in [1.82, 2.24) is 10.0 Å². The molecule has 0 saturated heterocycles. The van der Waals surface area contributed by atoms with Gasteiger partial charge in [0.1, 0.15) is 4.90 Å². The lowest BCUT2D eigenvalue weighted by atomic mass is 10.3. The van der Waals surface area contributed by atoms with Gasteiger partial charge in [0.25, 0.3) is 0 Å². The highest BCUT2D eigenvalue weighted by molar-refractivity contribution is 7.89. The standard InChI is InChI=1S/C12H17ClFN3O3S/c1-2-4-16-11(18)3-5-17-21(19,20)10-7-8(13)6-9(15)12(10)14/h6-7,17H,2-5,15H2,1H3,(H,16,18). The van der Waals surface area contributed by atoms with Gasteiger partial charge in [-0.05, 0) is 18.6 Å². The minimum absolute atomic E-state index is 0.00923. The highest BCUT2D eigenvalue weighted by atomic mass is 35.5. The van der Waals surface area contributed by atoms with Crippen molar-refractivity contribution in [1.29, 1.82) is 0 Å². The summed E-state index contributed by atoms with van der Waals surface area (Å²) in [6.07, 6.45) is 0.737. The number of sulfonamides is 1. The Kier molecular flexibility index (Phi) is 6.38. The largest absolute Gasteiger partial charge is 0.396 e. The highest BCUT2D eigenvalue weighted by Gasteiger charge is 2.21. The van der Waals surface area contributed by atoms with E-state index in [0.717, 1.165) is 18.6 Å². The zero-order valence-electron chi connectivity index (χ0n) is 11.4. The summed E-state index contributed by atoms with van der Waals surface area (Å²) in [5.74, 6) is -1.35. The van der Waals surface area contributed by atoms with Crippen LogP contribution in [0, 0.1) is 5.82 Å². The fraction of sp³-hybridized carbons (Fsp3) is 0.417. The molecule has 0 spiro atoms. The van der Waals surface area contributed by atoms with Crippen LogP contribution < -0.4 is 15.8 Å². The van der Waals surface area contributed by atoms with Gasteiger partial charge in [0.05, 0.1) is 5.69 Å². The lowest BCUT2D eigenvalue weighted by Crippen LogP contribution is -2.31.